The Morgan fingerprint density at radius 3 is 1.69 bits per heavy atom. The van der Waals surface area contributed by atoms with Gasteiger partial charge in [0.25, 0.3) is 0 Å². The van der Waals surface area contributed by atoms with Crippen molar-refractivity contribution in [2.45, 2.75) is 105 Å². The summed E-state index contributed by atoms with van der Waals surface area (Å²) in [6.07, 6.45) is 14.1. The number of hydrogen-bond donors (Lipinski definition) is 0. The summed E-state index contributed by atoms with van der Waals surface area (Å²) in [6, 6.07) is 0. The highest BCUT2D eigenvalue weighted by atomic mass is 16.7. The minimum absolute atomic E-state index is 0.217. The van der Waals surface area contributed by atoms with E-state index < -0.39 is 0 Å². The van der Waals surface area contributed by atoms with Crippen LogP contribution in [0.3, 0.4) is 0 Å². The van der Waals surface area contributed by atoms with E-state index in [4.69, 9.17) is 18.9 Å². The van der Waals surface area contributed by atoms with Gasteiger partial charge in [-0.3, -0.25) is 0 Å². The van der Waals surface area contributed by atoms with E-state index in [1.165, 1.54) is 51.4 Å². The van der Waals surface area contributed by atoms with Gasteiger partial charge < -0.3 is 18.9 Å². The molecule has 0 fully saturated rings. The first-order valence-electron chi connectivity index (χ1n) is 11.0. The molecule has 0 amide bonds. The maximum atomic E-state index is 6.03. The van der Waals surface area contributed by atoms with E-state index in [2.05, 4.69) is 20.8 Å². The first kappa shape index (κ1) is 25.1. The number of unbranched alkanes of at least 4 members (excludes halogenated alkanes) is 8. The maximum absolute atomic E-state index is 6.03. The molecule has 4 heteroatoms. The van der Waals surface area contributed by atoms with Crippen molar-refractivity contribution in [3.63, 3.8) is 0 Å². The van der Waals surface area contributed by atoms with Gasteiger partial charge in [-0.25, -0.2) is 0 Å². The van der Waals surface area contributed by atoms with E-state index in [0.29, 0.717) is 19.2 Å². The lowest BCUT2D eigenvalue weighted by Gasteiger charge is -2.17. The van der Waals surface area contributed by atoms with Gasteiger partial charge in [-0.15, -0.1) is 0 Å². The van der Waals surface area contributed by atoms with Crippen molar-refractivity contribution in [2.75, 3.05) is 26.6 Å². The van der Waals surface area contributed by atoms with Gasteiger partial charge in [0.2, 0.25) is 0 Å². The predicted octanol–water partition coefficient (Wildman–Crippen LogP) is 6.94. The van der Waals surface area contributed by atoms with Gasteiger partial charge in [-0.1, -0.05) is 72.1 Å². The molecule has 0 aliphatic heterocycles. The maximum Gasteiger partial charge on any atom is 0.321 e. The molecule has 0 aliphatic carbocycles. The minimum atomic E-state index is 0.217. The smallest absolute Gasteiger partial charge is 0.321 e. The topological polar surface area (TPSA) is 36.9 Å². The molecule has 156 valence electrons. The zero-order chi connectivity index (χ0) is 19.3. The zero-order valence-electron chi connectivity index (χ0n) is 17.9. The van der Waals surface area contributed by atoms with Crippen LogP contribution in [0.15, 0.2) is 11.7 Å². The molecule has 4 nitrogen and oxygen atoms in total. The molecule has 0 heterocycles. The van der Waals surface area contributed by atoms with E-state index in [9.17, 15) is 0 Å². The van der Waals surface area contributed by atoms with Crippen LogP contribution in [0.4, 0.5) is 0 Å². The second kappa shape index (κ2) is 20.4. The Hall–Kier alpha value is -0.900. The average molecular weight is 373 g/mol. The van der Waals surface area contributed by atoms with E-state index in [1.807, 2.05) is 6.92 Å². The molecule has 0 saturated heterocycles. The van der Waals surface area contributed by atoms with Crippen LogP contribution < -0.4 is 0 Å². The van der Waals surface area contributed by atoms with Gasteiger partial charge in [0.15, 0.2) is 12.6 Å². The van der Waals surface area contributed by atoms with Crippen LogP contribution in [0.25, 0.3) is 0 Å². The summed E-state index contributed by atoms with van der Waals surface area (Å²) in [6.45, 7) is 10.8. The molecule has 0 bridgehead atoms. The second-order valence-electron chi connectivity index (χ2n) is 6.74. The molecule has 0 rings (SSSR count). The van der Waals surface area contributed by atoms with Crippen LogP contribution in [0.1, 0.15) is 105 Å². The van der Waals surface area contributed by atoms with Crippen molar-refractivity contribution in [1.82, 2.24) is 0 Å². The van der Waals surface area contributed by atoms with Crippen LogP contribution in [-0.2, 0) is 18.9 Å². The van der Waals surface area contributed by atoms with E-state index in [0.717, 1.165) is 38.0 Å². The third-order valence-electron chi connectivity index (χ3n) is 4.19. The fourth-order valence-electron chi connectivity index (χ4n) is 2.61. The van der Waals surface area contributed by atoms with Crippen LogP contribution >= 0.6 is 0 Å². The molecule has 0 atom stereocenters. The molecular weight excluding hydrogens is 328 g/mol. The summed E-state index contributed by atoms with van der Waals surface area (Å²) in [5, 5.41) is 0. The Balaban J connectivity index is 4.45. The molecule has 0 spiro atoms. The molecule has 0 aromatic rings. The number of rotatable bonds is 20. The summed E-state index contributed by atoms with van der Waals surface area (Å²) in [4.78, 5) is 0. The summed E-state index contributed by atoms with van der Waals surface area (Å²) in [7, 11) is 0. The number of hydrogen-bond acceptors (Lipinski definition) is 4. The third kappa shape index (κ3) is 15.4. The Morgan fingerprint density at radius 2 is 1.15 bits per heavy atom. The van der Waals surface area contributed by atoms with Gasteiger partial charge in [0.1, 0.15) is 0 Å². The van der Waals surface area contributed by atoms with Crippen molar-refractivity contribution in [2.24, 2.45) is 0 Å². The first-order valence-corrected chi connectivity index (χ1v) is 11.0. The third-order valence-corrected chi connectivity index (χ3v) is 4.19. The normalized spacial score (nSPS) is 12.0. The SMILES string of the molecule is CCCCCCCOC(CCC)=C(OCCCCCCC)OCOCC. The Morgan fingerprint density at radius 1 is 0.577 bits per heavy atom. The van der Waals surface area contributed by atoms with Crippen molar-refractivity contribution >= 4 is 0 Å². The Labute approximate surface area is 162 Å². The molecule has 0 aliphatic rings. The first-order chi connectivity index (χ1) is 12.8. The van der Waals surface area contributed by atoms with Gasteiger partial charge >= 0.3 is 5.95 Å². The summed E-state index contributed by atoms with van der Waals surface area (Å²) in [5.41, 5.74) is 0. The van der Waals surface area contributed by atoms with Crippen LogP contribution in [0.2, 0.25) is 0 Å². The largest absolute Gasteiger partial charge is 0.491 e. The van der Waals surface area contributed by atoms with E-state index in [1.54, 1.807) is 0 Å². The van der Waals surface area contributed by atoms with Gasteiger partial charge in [0.05, 0.1) is 13.2 Å². The Kier molecular flexibility index (Phi) is 19.7. The van der Waals surface area contributed by atoms with E-state index >= 15 is 0 Å². The molecule has 0 aromatic heterocycles. The van der Waals surface area contributed by atoms with Crippen LogP contribution in [0, 0.1) is 0 Å². The second-order valence-corrected chi connectivity index (χ2v) is 6.74. The lowest BCUT2D eigenvalue weighted by atomic mass is 10.2. The average Bonchev–Trinajstić information content (AvgIpc) is 2.65. The minimum Gasteiger partial charge on any atom is -0.491 e. The molecule has 0 radical (unpaired) electrons. The molecule has 26 heavy (non-hydrogen) atoms. The Bertz CT molecular complexity index is 315. The van der Waals surface area contributed by atoms with Crippen LogP contribution in [0.5, 0.6) is 0 Å². The lowest BCUT2D eigenvalue weighted by molar-refractivity contribution is -0.0810. The number of allylic oxidation sites excluding steroid dienone is 1. The fourth-order valence-corrected chi connectivity index (χ4v) is 2.61. The highest BCUT2D eigenvalue weighted by molar-refractivity contribution is 4.95. The van der Waals surface area contributed by atoms with Gasteiger partial charge in [-0.05, 0) is 26.2 Å². The monoisotopic (exact) mass is 372 g/mol. The summed E-state index contributed by atoms with van der Waals surface area (Å²) >= 11 is 0. The van der Waals surface area contributed by atoms with Gasteiger partial charge in [0, 0.05) is 13.0 Å². The summed E-state index contributed by atoms with van der Waals surface area (Å²) in [5.74, 6) is 1.38. The number of ether oxygens (including phenoxy) is 4. The molecule has 0 aromatic carbocycles. The predicted molar refractivity (Wildman–Crippen MR) is 109 cm³/mol. The van der Waals surface area contributed by atoms with Crippen molar-refractivity contribution in [1.29, 1.82) is 0 Å². The van der Waals surface area contributed by atoms with Crippen LogP contribution in [-0.4, -0.2) is 26.6 Å². The fraction of sp³-hybridized carbons (Fsp3) is 0.909. The van der Waals surface area contributed by atoms with Crippen molar-refractivity contribution in [3.05, 3.63) is 11.7 Å². The van der Waals surface area contributed by atoms with Crippen molar-refractivity contribution < 1.29 is 18.9 Å². The lowest BCUT2D eigenvalue weighted by Crippen LogP contribution is -2.10. The molecular formula is C22H44O4. The van der Waals surface area contributed by atoms with Gasteiger partial charge in [-0.2, -0.15) is 0 Å². The molecule has 0 unspecified atom stereocenters. The summed E-state index contributed by atoms with van der Waals surface area (Å²) < 4.78 is 23.0. The van der Waals surface area contributed by atoms with Crippen molar-refractivity contribution in [3.8, 4) is 0 Å². The quantitative estimate of drug-likeness (QED) is 0.132. The standard InChI is InChI=1S/C22H44O4/c1-5-9-11-13-15-18-24-21(17-7-3)22(26-20-23-8-4)25-19-16-14-12-10-6-2/h5-20H2,1-4H3. The van der Waals surface area contributed by atoms with E-state index in [-0.39, 0.29) is 6.79 Å². The molecule has 0 N–H and O–H groups in total. The zero-order valence-corrected chi connectivity index (χ0v) is 17.9. The highest BCUT2D eigenvalue weighted by Crippen LogP contribution is 2.18. The highest BCUT2D eigenvalue weighted by Gasteiger charge is 2.12. The molecule has 0 saturated carbocycles.